The van der Waals surface area contributed by atoms with Gasteiger partial charge in [0.05, 0.1) is 0 Å². The van der Waals surface area contributed by atoms with E-state index in [0.29, 0.717) is 0 Å². The van der Waals surface area contributed by atoms with Gasteiger partial charge in [-0.15, -0.1) is 24.0 Å². The largest absolute Gasteiger partial charge is 0.370 e. The molecule has 0 radical (unpaired) electrons. The van der Waals surface area contributed by atoms with E-state index in [0.717, 1.165) is 56.1 Å². The second-order valence-electron chi connectivity index (χ2n) is 7.29. The van der Waals surface area contributed by atoms with Gasteiger partial charge in [0.2, 0.25) is 0 Å². The number of likely N-dealkylation sites (tertiary alicyclic amines) is 1. The number of unbranched alkanes of at least 4 members (excludes halogenated alkanes) is 1. The van der Waals surface area contributed by atoms with Gasteiger partial charge in [-0.3, -0.25) is 4.99 Å². The minimum Gasteiger partial charge on any atom is -0.370 e. The number of aliphatic imine (C=N–C) groups is 1. The number of aromatic nitrogens is 1. The molecule has 26 heavy (non-hydrogen) atoms. The number of pyridine rings is 1. The molecule has 1 aromatic rings. The standard InChI is InChI=1S/C20H33N5.HI/c1-2-21-20(25-15-17-9-3-4-10-18(17)16-25)24-14-8-7-13-23-19-11-5-6-12-22-19;/h5-6,11-12,17-18H,2-4,7-10,13-16H2,1H3,(H,21,24)(H,22,23);1H. The fraction of sp³-hybridized carbons (Fsp3) is 0.700. The summed E-state index contributed by atoms with van der Waals surface area (Å²) in [6.07, 6.45) is 9.72. The van der Waals surface area contributed by atoms with Crippen molar-refractivity contribution >= 4 is 35.8 Å². The van der Waals surface area contributed by atoms with Crippen LogP contribution in [-0.2, 0) is 0 Å². The van der Waals surface area contributed by atoms with E-state index in [-0.39, 0.29) is 24.0 Å². The van der Waals surface area contributed by atoms with Crippen molar-refractivity contribution in [3.05, 3.63) is 24.4 Å². The molecule has 5 nitrogen and oxygen atoms in total. The molecule has 2 fully saturated rings. The van der Waals surface area contributed by atoms with Gasteiger partial charge in [-0.1, -0.05) is 18.9 Å². The SMILES string of the molecule is CCNC(=NCCCCNc1ccccn1)N1CC2CCCCC2C1.I. The lowest BCUT2D eigenvalue weighted by molar-refractivity contribution is 0.299. The Morgan fingerprint density at radius 1 is 1.19 bits per heavy atom. The minimum absolute atomic E-state index is 0. The molecule has 2 atom stereocenters. The van der Waals surface area contributed by atoms with E-state index in [1.54, 1.807) is 0 Å². The minimum atomic E-state index is 0. The Hall–Kier alpha value is -1.05. The van der Waals surface area contributed by atoms with Crippen LogP contribution in [0.25, 0.3) is 0 Å². The summed E-state index contributed by atoms with van der Waals surface area (Å²) in [5.74, 6) is 3.90. The lowest BCUT2D eigenvalue weighted by Crippen LogP contribution is -2.40. The number of nitrogens with one attached hydrogen (secondary N) is 2. The van der Waals surface area contributed by atoms with Gasteiger partial charge in [-0.2, -0.15) is 0 Å². The molecule has 0 aromatic carbocycles. The lowest BCUT2D eigenvalue weighted by atomic mass is 9.82. The maximum atomic E-state index is 4.89. The highest BCUT2D eigenvalue weighted by Gasteiger charge is 2.35. The van der Waals surface area contributed by atoms with Gasteiger partial charge in [0, 0.05) is 38.9 Å². The highest BCUT2D eigenvalue weighted by atomic mass is 127. The molecule has 1 aliphatic carbocycles. The molecular weight excluding hydrogens is 437 g/mol. The van der Waals surface area contributed by atoms with E-state index in [1.165, 1.54) is 38.8 Å². The summed E-state index contributed by atoms with van der Waals surface area (Å²) >= 11 is 0. The third-order valence-electron chi connectivity index (χ3n) is 5.43. The predicted octanol–water partition coefficient (Wildman–Crippen LogP) is 3.98. The van der Waals surface area contributed by atoms with Crippen LogP contribution in [0.15, 0.2) is 29.4 Å². The van der Waals surface area contributed by atoms with Gasteiger partial charge in [-0.25, -0.2) is 4.98 Å². The predicted molar refractivity (Wildman–Crippen MR) is 120 cm³/mol. The van der Waals surface area contributed by atoms with Crippen molar-refractivity contribution < 1.29 is 0 Å². The summed E-state index contributed by atoms with van der Waals surface area (Å²) in [5, 5.41) is 6.86. The Bertz CT molecular complexity index is 522. The first kappa shape index (κ1) is 21.3. The number of rotatable bonds is 7. The van der Waals surface area contributed by atoms with Gasteiger partial charge in [0.25, 0.3) is 0 Å². The number of halogens is 1. The van der Waals surface area contributed by atoms with Crippen LogP contribution >= 0.6 is 24.0 Å². The molecule has 6 heteroatoms. The fourth-order valence-corrected chi connectivity index (χ4v) is 4.11. The third-order valence-corrected chi connectivity index (χ3v) is 5.43. The number of fused-ring (bicyclic) bond motifs is 1. The number of hydrogen-bond acceptors (Lipinski definition) is 3. The van der Waals surface area contributed by atoms with Crippen LogP contribution in [-0.4, -0.2) is 48.6 Å². The van der Waals surface area contributed by atoms with Crippen LogP contribution in [0.5, 0.6) is 0 Å². The maximum Gasteiger partial charge on any atom is 0.193 e. The van der Waals surface area contributed by atoms with Crippen LogP contribution in [0.2, 0.25) is 0 Å². The van der Waals surface area contributed by atoms with Crippen LogP contribution in [0, 0.1) is 11.8 Å². The Morgan fingerprint density at radius 3 is 2.62 bits per heavy atom. The van der Waals surface area contributed by atoms with Crippen LogP contribution in [0.1, 0.15) is 45.4 Å². The number of nitrogens with zero attached hydrogens (tertiary/aromatic N) is 3. The van der Waals surface area contributed by atoms with Crippen molar-refractivity contribution in [2.45, 2.75) is 45.4 Å². The van der Waals surface area contributed by atoms with Crippen LogP contribution < -0.4 is 10.6 Å². The Morgan fingerprint density at radius 2 is 1.96 bits per heavy atom. The first-order valence-corrected chi connectivity index (χ1v) is 10.0. The average molecular weight is 471 g/mol. The van der Waals surface area contributed by atoms with Crippen LogP contribution in [0.4, 0.5) is 5.82 Å². The molecule has 2 N–H and O–H groups in total. The Labute approximate surface area is 175 Å². The van der Waals surface area contributed by atoms with Crippen molar-refractivity contribution in [1.29, 1.82) is 0 Å². The zero-order valence-electron chi connectivity index (χ0n) is 16.0. The fourth-order valence-electron chi connectivity index (χ4n) is 4.11. The first-order chi connectivity index (χ1) is 12.4. The summed E-state index contributed by atoms with van der Waals surface area (Å²) < 4.78 is 0. The third kappa shape index (κ3) is 6.28. The topological polar surface area (TPSA) is 52.6 Å². The average Bonchev–Trinajstić information content (AvgIpc) is 3.08. The molecule has 3 rings (SSSR count). The van der Waals surface area contributed by atoms with E-state index < -0.39 is 0 Å². The Balaban J connectivity index is 0.00000243. The highest BCUT2D eigenvalue weighted by Crippen LogP contribution is 2.35. The van der Waals surface area contributed by atoms with Gasteiger partial charge < -0.3 is 15.5 Å². The Kier molecular flexibility index (Phi) is 9.50. The van der Waals surface area contributed by atoms with E-state index >= 15 is 0 Å². The van der Waals surface area contributed by atoms with Gasteiger partial charge in [0.1, 0.15) is 5.82 Å². The quantitative estimate of drug-likeness (QED) is 0.274. The van der Waals surface area contributed by atoms with Gasteiger partial charge in [0.15, 0.2) is 5.96 Å². The normalized spacial score (nSPS) is 22.5. The zero-order valence-corrected chi connectivity index (χ0v) is 18.3. The molecule has 1 saturated heterocycles. The van der Waals surface area contributed by atoms with Crippen LogP contribution in [0.3, 0.4) is 0 Å². The molecular formula is C20H34IN5. The highest BCUT2D eigenvalue weighted by molar-refractivity contribution is 14.0. The molecule has 146 valence electrons. The second kappa shape index (κ2) is 11.6. The second-order valence-corrected chi connectivity index (χ2v) is 7.29. The number of guanidine groups is 1. The molecule has 2 unspecified atom stereocenters. The van der Waals surface area contributed by atoms with E-state index in [1.807, 2.05) is 24.4 Å². The molecule has 2 heterocycles. The molecule has 1 saturated carbocycles. The molecule has 0 spiro atoms. The van der Waals surface area contributed by atoms with E-state index in [4.69, 9.17) is 4.99 Å². The van der Waals surface area contributed by atoms with Gasteiger partial charge >= 0.3 is 0 Å². The summed E-state index contributed by atoms with van der Waals surface area (Å²) in [7, 11) is 0. The summed E-state index contributed by atoms with van der Waals surface area (Å²) in [5.41, 5.74) is 0. The van der Waals surface area contributed by atoms with Gasteiger partial charge in [-0.05, 0) is 56.6 Å². The monoisotopic (exact) mass is 471 g/mol. The van der Waals surface area contributed by atoms with E-state index in [9.17, 15) is 0 Å². The molecule has 0 bridgehead atoms. The van der Waals surface area contributed by atoms with Crippen molar-refractivity contribution in [2.75, 3.05) is 38.0 Å². The smallest absolute Gasteiger partial charge is 0.193 e. The number of anilines is 1. The van der Waals surface area contributed by atoms with E-state index in [2.05, 4.69) is 27.4 Å². The molecule has 1 aromatic heterocycles. The first-order valence-electron chi connectivity index (χ1n) is 10.0. The molecule has 0 amide bonds. The lowest BCUT2D eigenvalue weighted by Gasteiger charge is -2.22. The van der Waals surface area contributed by atoms with Crippen molar-refractivity contribution in [2.24, 2.45) is 16.8 Å². The summed E-state index contributed by atoms with van der Waals surface area (Å²) in [4.78, 5) is 11.7. The molecule has 2 aliphatic rings. The van der Waals surface area contributed by atoms with Crippen molar-refractivity contribution in [3.8, 4) is 0 Å². The van der Waals surface area contributed by atoms with Crippen molar-refractivity contribution in [3.63, 3.8) is 0 Å². The maximum absolute atomic E-state index is 4.89. The summed E-state index contributed by atoms with van der Waals surface area (Å²) in [6.45, 7) is 7.38. The molecule has 1 aliphatic heterocycles. The number of hydrogen-bond donors (Lipinski definition) is 2. The zero-order chi connectivity index (χ0) is 17.3. The van der Waals surface area contributed by atoms with Crippen molar-refractivity contribution in [1.82, 2.24) is 15.2 Å². The summed E-state index contributed by atoms with van der Waals surface area (Å²) in [6, 6.07) is 5.96.